The molecule has 0 atom stereocenters. The van der Waals surface area contributed by atoms with Gasteiger partial charge >= 0.3 is 5.97 Å². The van der Waals surface area contributed by atoms with Crippen molar-refractivity contribution in [2.75, 3.05) is 13.2 Å². The van der Waals surface area contributed by atoms with Gasteiger partial charge in [-0.15, -0.1) is 0 Å². The van der Waals surface area contributed by atoms with E-state index in [0.29, 0.717) is 16.2 Å². The molecular weight excluding hydrogens is 398 g/mol. The highest BCUT2D eigenvalue weighted by atomic mass is 32.2. The number of carboxylic acid groups (broad SMARTS) is 1. The Labute approximate surface area is 170 Å². The minimum Gasteiger partial charge on any atom is -0.485 e. The van der Waals surface area contributed by atoms with E-state index in [9.17, 15) is 14.4 Å². The van der Waals surface area contributed by atoms with Crippen molar-refractivity contribution in [1.29, 1.82) is 0 Å². The Balaban J connectivity index is 1.62. The monoisotopic (exact) mass is 413 g/mol. The minimum atomic E-state index is -1.12. The lowest BCUT2D eigenvalue weighted by molar-refractivity contribution is -0.140. The molecule has 8 heteroatoms. The van der Waals surface area contributed by atoms with Crippen LogP contribution in [0.3, 0.4) is 0 Å². The molecule has 0 bridgehead atoms. The fraction of sp³-hybridized carbons (Fsp3) is 0.100. The van der Waals surface area contributed by atoms with Crippen LogP contribution >= 0.6 is 24.0 Å². The lowest BCUT2D eigenvalue weighted by Gasteiger charge is -2.10. The topological polar surface area (TPSA) is 83.9 Å². The van der Waals surface area contributed by atoms with Crippen LogP contribution in [0.5, 0.6) is 5.75 Å². The summed E-state index contributed by atoms with van der Waals surface area (Å²) >= 11 is 6.13. The van der Waals surface area contributed by atoms with Gasteiger partial charge in [0.15, 0.2) is 12.4 Å². The molecule has 1 fully saturated rings. The average molecular weight is 413 g/mol. The number of benzene rings is 2. The van der Waals surface area contributed by atoms with Crippen molar-refractivity contribution >= 4 is 52.0 Å². The summed E-state index contributed by atoms with van der Waals surface area (Å²) in [4.78, 5) is 36.6. The van der Waals surface area contributed by atoms with E-state index in [1.807, 2.05) is 6.07 Å². The Morgan fingerprint density at radius 3 is 2.43 bits per heavy atom. The van der Waals surface area contributed by atoms with Crippen molar-refractivity contribution in [2.24, 2.45) is 0 Å². The van der Waals surface area contributed by atoms with Crippen LogP contribution in [0.25, 0.3) is 6.08 Å². The number of carboxylic acids is 1. The molecule has 1 saturated heterocycles. The quantitative estimate of drug-likeness (QED) is 0.424. The van der Waals surface area contributed by atoms with Crippen LogP contribution in [-0.2, 0) is 9.59 Å². The molecule has 2 aromatic carbocycles. The Morgan fingerprint density at radius 2 is 1.79 bits per heavy atom. The maximum absolute atomic E-state index is 12.3. The zero-order valence-corrected chi connectivity index (χ0v) is 16.2. The van der Waals surface area contributed by atoms with Gasteiger partial charge in [-0.05, 0) is 23.8 Å². The number of Topliss-reactive ketones (excluding diaryl/α,β-unsaturated/α-hetero) is 1. The van der Waals surface area contributed by atoms with Crippen LogP contribution < -0.4 is 4.74 Å². The lowest BCUT2D eigenvalue weighted by atomic mass is 10.1. The number of amides is 1. The molecule has 1 aliphatic rings. The summed E-state index contributed by atoms with van der Waals surface area (Å²) in [5, 5.41) is 8.86. The maximum Gasteiger partial charge on any atom is 0.323 e. The van der Waals surface area contributed by atoms with E-state index in [1.54, 1.807) is 54.6 Å². The second kappa shape index (κ2) is 8.81. The third-order valence-corrected chi connectivity index (χ3v) is 5.19. The molecule has 0 aliphatic carbocycles. The zero-order valence-electron chi connectivity index (χ0n) is 14.5. The van der Waals surface area contributed by atoms with Crippen LogP contribution in [-0.4, -0.2) is 45.1 Å². The van der Waals surface area contributed by atoms with Gasteiger partial charge < -0.3 is 9.84 Å². The number of aliphatic carboxylic acids is 1. The van der Waals surface area contributed by atoms with E-state index >= 15 is 0 Å². The number of hydrogen-bond donors (Lipinski definition) is 1. The van der Waals surface area contributed by atoms with Gasteiger partial charge in [-0.1, -0.05) is 66.4 Å². The molecule has 0 spiro atoms. The minimum absolute atomic E-state index is 0.0722. The summed E-state index contributed by atoms with van der Waals surface area (Å²) in [6.45, 7) is -0.526. The molecule has 1 amide bonds. The largest absolute Gasteiger partial charge is 0.485 e. The summed E-state index contributed by atoms with van der Waals surface area (Å²) in [7, 11) is 0. The van der Waals surface area contributed by atoms with Crippen LogP contribution in [0.4, 0.5) is 0 Å². The van der Waals surface area contributed by atoms with Crippen molar-refractivity contribution in [3.8, 4) is 5.75 Å². The Kier molecular flexibility index (Phi) is 6.23. The van der Waals surface area contributed by atoms with E-state index in [1.165, 1.54) is 0 Å². The summed E-state index contributed by atoms with van der Waals surface area (Å²) in [6, 6.07) is 15.8. The predicted octanol–water partition coefficient (Wildman–Crippen LogP) is 3.23. The number of ketones is 1. The average Bonchev–Trinajstić information content (AvgIpc) is 2.95. The molecule has 0 saturated carbocycles. The summed E-state index contributed by atoms with van der Waals surface area (Å²) in [6.07, 6.45) is 1.64. The van der Waals surface area contributed by atoms with E-state index in [-0.39, 0.29) is 16.7 Å². The summed E-state index contributed by atoms with van der Waals surface area (Å²) < 4.78 is 5.73. The molecule has 6 nitrogen and oxygen atoms in total. The number of carbonyl (C=O) groups excluding carboxylic acids is 2. The molecule has 28 heavy (non-hydrogen) atoms. The van der Waals surface area contributed by atoms with Gasteiger partial charge in [0, 0.05) is 5.56 Å². The van der Waals surface area contributed by atoms with Crippen molar-refractivity contribution in [2.45, 2.75) is 0 Å². The summed E-state index contributed by atoms with van der Waals surface area (Å²) in [5.41, 5.74) is 1.32. The molecule has 3 rings (SSSR count). The van der Waals surface area contributed by atoms with E-state index in [4.69, 9.17) is 22.1 Å². The first kappa shape index (κ1) is 19.8. The van der Waals surface area contributed by atoms with Gasteiger partial charge in [-0.3, -0.25) is 19.3 Å². The SMILES string of the molecule is O=C(O)CN1C(=O)/C(=C/c2ccc(OCC(=O)c3ccccc3)cc2)SC1=S. The van der Waals surface area contributed by atoms with Gasteiger partial charge in [0.2, 0.25) is 0 Å². The second-order valence-electron chi connectivity index (χ2n) is 5.81. The number of thiocarbonyl (C=S) groups is 1. The van der Waals surface area contributed by atoms with Crippen molar-refractivity contribution in [3.63, 3.8) is 0 Å². The smallest absolute Gasteiger partial charge is 0.323 e. The standard InChI is InChI=1S/C20H15NO5S2/c22-16(14-4-2-1-3-5-14)12-26-15-8-6-13(7-9-15)10-17-19(25)21(11-18(23)24)20(27)28-17/h1-10H,11-12H2,(H,23,24)/b17-10-. The van der Waals surface area contributed by atoms with E-state index in [0.717, 1.165) is 22.2 Å². The fourth-order valence-electron chi connectivity index (χ4n) is 2.44. The van der Waals surface area contributed by atoms with Gasteiger partial charge in [-0.2, -0.15) is 0 Å². The fourth-order valence-corrected chi connectivity index (χ4v) is 3.69. The van der Waals surface area contributed by atoms with Crippen molar-refractivity contribution in [3.05, 3.63) is 70.6 Å². The Hall–Kier alpha value is -2.97. The molecule has 0 unspecified atom stereocenters. The van der Waals surface area contributed by atoms with Crippen LogP contribution in [0.1, 0.15) is 15.9 Å². The second-order valence-corrected chi connectivity index (χ2v) is 7.48. The number of ether oxygens (including phenoxy) is 1. The predicted molar refractivity (Wildman–Crippen MR) is 110 cm³/mol. The number of thioether (sulfide) groups is 1. The van der Waals surface area contributed by atoms with Gasteiger partial charge in [0.1, 0.15) is 16.6 Å². The highest BCUT2D eigenvalue weighted by molar-refractivity contribution is 8.26. The number of nitrogens with zero attached hydrogens (tertiary/aromatic N) is 1. The molecule has 1 aliphatic heterocycles. The number of hydrogen-bond acceptors (Lipinski definition) is 6. The third-order valence-electron chi connectivity index (χ3n) is 3.81. The van der Waals surface area contributed by atoms with Gasteiger partial charge in [0.25, 0.3) is 5.91 Å². The highest BCUT2D eigenvalue weighted by Crippen LogP contribution is 2.32. The number of rotatable bonds is 7. The molecule has 0 radical (unpaired) electrons. The Morgan fingerprint density at radius 1 is 1.11 bits per heavy atom. The summed E-state index contributed by atoms with van der Waals surface area (Å²) in [5.74, 6) is -1.14. The maximum atomic E-state index is 12.3. The first-order valence-corrected chi connectivity index (χ1v) is 9.45. The van der Waals surface area contributed by atoms with Crippen molar-refractivity contribution in [1.82, 2.24) is 4.90 Å². The first-order valence-electron chi connectivity index (χ1n) is 8.22. The molecule has 142 valence electrons. The molecule has 2 aromatic rings. The third kappa shape index (κ3) is 4.85. The molecule has 1 heterocycles. The first-order chi connectivity index (χ1) is 13.4. The molecule has 0 aromatic heterocycles. The van der Waals surface area contributed by atoms with Crippen LogP contribution in [0.15, 0.2) is 59.5 Å². The highest BCUT2D eigenvalue weighted by Gasteiger charge is 2.33. The van der Waals surface area contributed by atoms with E-state index in [2.05, 4.69) is 0 Å². The normalized spacial score (nSPS) is 15.1. The number of carbonyl (C=O) groups is 3. The zero-order chi connectivity index (χ0) is 20.1. The van der Waals surface area contributed by atoms with Gasteiger partial charge in [-0.25, -0.2) is 0 Å². The van der Waals surface area contributed by atoms with E-state index < -0.39 is 18.4 Å². The molecule has 1 N–H and O–H groups in total. The lowest BCUT2D eigenvalue weighted by Crippen LogP contribution is -2.33. The Bertz CT molecular complexity index is 954. The van der Waals surface area contributed by atoms with Gasteiger partial charge in [0.05, 0.1) is 4.91 Å². The molecular formula is C20H15NO5S2. The van der Waals surface area contributed by atoms with Crippen LogP contribution in [0.2, 0.25) is 0 Å². The van der Waals surface area contributed by atoms with Crippen molar-refractivity contribution < 1.29 is 24.2 Å². The van der Waals surface area contributed by atoms with Crippen LogP contribution in [0, 0.1) is 0 Å².